The highest BCUT2D eigenvalue weighted by atomic mass is 15.4. The standard InChI is InChI=1S/C20H26N6/c1-25(2)15-20(12-6-7-13-20)14-21-17-10-11-18-22-23-19(26(18)24-17)16-8-4-3-5-9-16/h3-5,8-11H,6-7,12-15H2,1-2H3,(H,21,24). The van der Waals surface area contributed by atoms with Crippen LogP contribution in [0.5, 0.6) is 0 Å². The van der Waals surface area contributed by atoms with Crippen LogP contribution in [0.25, 0.3) is 17.0 Å². The summed E-state index contributed by atoms with van der Waals surface area (Å²) in [4.78, 5) is 2.30. The van der Waals surface area contributed by atoms with E-state index in [0.717, 1.165) is 35.9 Å². The van der Waals surface area contributed by atoms with Crippen LogP contribution in [-0.4, -0.2) is 51.9 Å². The third-order valence-electron chi connectivity index (χ3n) is 5.26. The zero-order valence-electron chi connectivity index (χ0n) is 15.5. The average Bonchev–Trinajstić information content (AvgIpc) is 3.27. The maximum Gasteiger partial charge on any atom is 0.185 e. The number of rotatable bonds is 6. The molecule has 6 nitrogen and oxygen atoms in total. The highest BCUT2D eigenvalue weighted by molar-refractivity contribution is 5.59. The van der Waals surface area contributed by atoms with Crippen molar-refractivity contribution in [2.24, 2.45) is 5.41 Å². The first-order chi connectivity index (χ1) is 12.7. The first-order valence-corrected chi connectivity index (χ1v) is 9.32. The van der Waals surface area contributed by atoms with Gasteiger partial charge < -0.3 is 10.2 Å². The number of hydrogen-bond acceptors (Lipinski definition) is 5. The van der Waals surface area contributed by atoms with E-state index in [1.807, 2.05) is 47.0 Å². The molecular weight excluding hydrogens is 324 g/mol. The molecule has 0 radical (unpaired) electrons. The van der Waals surface area contributed by atoms with E-state index in [1.165, 1.54) is 25.7 Å². The highest BCUT2D eigenvalue weighted by Crippen LogP contribution is 2.38. The number of aromatic nitrogens is 4. The molecule has 0 bridgehead atoms. The summed E-state index contributed by atoms with van der Waals surface area (Å²) in [5.74, 6) is 1.65. The van der Waals surface area contributed by atoms with E-state index >= 15 is 0 Å². The van der Waals surface area contributed by atoms with E-state index in [9.17, 15) is 0 Å². The summed E-state index contributed by atoms with van der Waals surface area (Å²) in [7, 11) is 4.32. The summed E-state index contributed by atoms with van der Waals surface area (Å²) in [6, 6.07) is 14.0. The Morgan fingerprint density at radius 2 is 1.81 bits per heavy atom. The Labute approximate surface area is 154 Å². The fraction of sp³-hybridized carbons (Fsp3) is 0.450. The molecule has 1 aliphatic carbocycles. The van der Waals surface area contributed by atoms with Gasteiger partial charge >= 0.3 is 0 Å². The smallest absolute Gasteiger partial charge is 0.185 e. The van der Waals surface area contributed by atoms with Gasteiger partial charge in [-0.2, -0.15) is 4.52 Å². The minimum atomic E-state index is 0.343. The van der Waals surface area contributed by atoms with Crippen molar-refractivity contribution in [2.75, 3.05) is 32.5 Å². The zero-order valence-corrected chi connectivity index (χ0v) is 15.5. The second kappa shape index (κ2) is 7.03. The molecule has 4 rings (SSSR count). The molecule has 3 aromatic rings. The lowest BCUT2D eigenvalue weighted by atomic mass is 9.85. The minimum Gasteiger partial charge on any atom is -0.368 e. The molecule has 0 amide bonds. The maximum absolute atomic E-state index is 4.75. The molecule has 0 spiro atoms. The molecule has 0 saturated heterocycles. The van der Waals surface area contributed by atoms with Gasteiger partial charge in [-0.1, -0.05) is 43.2 Å². The van der Waals surface area contributed by atoms with Crippen LogP contribution in [-0.2, 0) is 0 Å². The summed E-state index contributed by atoms with van der Waals surface area (Å²) >= 11 is 0. The van der Waals surface area contributed by atoms with Crippen molar-refractivity contribution in [3.8, 4) is 11.4 Å². The van der Waals surface area contributed by atoms with Gasteiger partial charge in [0.2, 0.25) is 0 Å². The topological polar surface area (TPSA) is 58.3 Å². The second-order valence-electron chi connectivity index (χ2n) is 7.68. The van der Waals surface area contributed by atoms with Crippen molar-refractivity contribution < 1.29 is 0 Å². The van der Waals surface area contributed by atoms with Crippen LogP contribution < -0.4 is 5.32 Å². The average molecular weight is 350 g/mol. The summed E-state index contributed by atoms with van der Waals surface area (Å²) in [5, 5.41) is 16.9. The van der Waals surface area contributed by atoms with E-state index < -0.39 is 0 Å². The van der Waals surface area contributed by atoms with Gasteiger partial charge in [0.25, 0.3) is 0 Å². The van der Waals surface area contributed by atoms with Gasteiger partial charge in [0.15, 0.2) is 11.5 Å². The van der Waals surface area contributed by atoms with Crippen LogP contribution in [0.4, 0.5) is 5.82 Å². The van der Waals surface area contributed by atoms with Crippen LogP contribution in [0.2, 0.25) is 0 Å². The van der Waals surface area contributed by atoms with Crippen molar-refractivity contribution >= 4 is 11.5 Å². The maximum atomic E-state index is 4.75. The predicted octanol–water partition coefficient (Wildman–Crippen LogP) is 3.33. The van der Waals surface area contributed by atoms with Crippen molar-refractivity contribution in [1.82, 2.24) is 24.7 Å². The van der Waals surface area contributed by atoms with E-state index in [-0.39, 0.29) is 0 Å². The molecule has 0 atom stereocenters. The van der Waals surface area contributed by atoms with E-state index in [4.69, 9.17) is 5.10 Å². The fourth-order valence-corrected chi connectivity index (χ4v) is 4.12. The molecule has 2 aromatic heterocycles. The Balaban J connectivity index is 1.57. The quantitative estimate of drug-likeness (QED) is 0.739. The molecular formula is C20H26N6. The Kier molecular flexibility index (Phi) is 4.59. The van der Waals surface area contributed by atoms with Crippen molar-refractivity contribution in [3.63, 3.8) is 0 Å². The number of hydrogen-bond donors (Lipinski definition) is 1. The van der Waals surface area contributed by atoms with Gasteiger partial charge in [0.1, 0.15) is 5.82 Å². The van der Waals surface area contributed by atoms with Crippen LogP contribution >= 0.6 is 0 Å². The molecule has 6 heteroatoms. The van der Waals surface area contributed by atoms with Crippen LogP contribution in [0.1, 0.15) is 25.7 Å². The van der Waals surface area contributed by atoms with Crippen LogP contribution in [0, 0.1) is 5.41 Å². The minimum absolute atomic E-state index is 0.343. The van der Waals surface area contributed by atoms with Gasteiger partial charge in [-0.25, -0.2) is 0 Å². The SMILES string of the molecule is CN(C)CC1(CNc2ccc3nnc(-c4ccccc4)n3n2)CCCC1. The molecule has 26 heavy (non-hydrogen) atoms. The van der Waals surface area contributed by atoms with E-state index in [1.54, 1.807) is 0 Å². The Hall–Kier alpha value is -2.47. The van der Waals surface area contributed by atoms with Gasteiger partial charge in [0, 0.05) is 24.1 Å². The lowest BCUT2D eigenvalue weighted by Gasteiger charge is -2.32. The summed E-state index contributed by atoms with van der Waals surface area (Å²) in [5.41, 5.74) is 2.12. The molecule has 1 saturated carbocycles. The number of benzene rings is 1. The Bertz CT molecular complexity index is 864. The first kappa shape index (κ1) is 17.0. The summed E-state index contributed by atoms with van der Waals surface area (Å²) in [6.45, 7) is 2.07. The van der Waals surface area contributed by atoms with Gasteiger partial charge in [-0.05, 0) is 39.1 Å². The normalized spacial score (nSPS) is 16.4. The molecule has 1 aliphatic rings. The first-order valence-electron chi connectivity index (χ1n) is 9.32. The molecule has 2 heterocycles. The molecule has 136 valence electrons. The number of nitrogens with one attached hydrogen (secondary N) is 1. The summed E-state index contributed by atoms with van der Waals surface area (Å²) < 4.78 is 1.82. The Morgan fingerprint density at radius 3 is 2.54 bits per heavy atom. The predicted molar refractivity (Wildman–Crippen MR) is 104 cm³/mol. The highest BCUT2D eigenvalue weighted by Gasteiger charge is 2.34. The largest absolute Gasteiger partial charge is 0.368 e. The molecule has 0 aliphatic heterocycles. The molecule has 0 unspecified atom stereocenters. The van der Waals surface area contributed by atoms with Crippen LogP contribution in [0.3, 0.4) is 0 Å². The zero-order chi connectivity index (χ0) is 18.0. The molecule has 1 fully saturated rings. The molecule has 1 aromatic carbocycles. The Morgan fingerprint density at radius 1 is 1.04 bits per heavy atom. The van der Waals surface area contributed by atoms with E-state index in [0.29, 0.717) is 5.41 Å². The van der Waals surface area contributed by atoms with Crippen molar-refractivity contribution in [3.05, 3.63) is 42.5 Å². The fourth-order valence-electron chi connectivity index (χ4n) is 4.12. The number of nitrogens with zero attached hydrogens (tertiary/aromatic N) is 5. The van der Waals surface area contributed by atoms with Crippen LogP contribution in [0.15, 0.2) is 42.5 Å². The summed E-state index contributed by atoms with van der Waals surface area (Å²) in [6.07, 6.45) is 5.21. The number of anilines is 1. The third kappa shape index (κ3) is 3.42. The second-order valence-corrected chi connectivity index (χ2v) is 7.68. The molecule has 1 N–H and O–H groups in total. The van der Waals surface area contributed by atoms with Gasteiger partial charge in [-0.3, -0.25) is 0 Å². The monoisotopic (exact) mass is 350 g/mol. The third-order valence-corrected chi connectivity index (χ3v) is 5.26. The van der Waals surface area contributed by atoms with Gasteiger partial charge in [-0.15, -0.1) is 15.3 Å². The van der Waals surface area contributed by atoms with Gasteiger partial charge in [0.05, 0.1) is 0 Å². The number of fused-ring (bicyclic) bond motifs is 1. The lowest BCUT2D eigenvalue weighted by molar-refractivity contribution is 0.215. The van der Waals surface area contributed by atoms with Crippen molar-refractivity contribution in [2.45, 2.75) is 25.7 Å². The lowest BCUT2D eigenvalue weighted by Crippen LogP contribution is -2.37. The van der Waals surface area contributed by atoms with E-state index in [2.05, 4.69) is 34.5 Å². The van der Waals surface area contributed by atoms with Crippen molar-refractivity contribution in [1.29, 1.82) is 0 Å².